The summed E-state index contributed by atoms with van der Waals surface area (Å²) >= 11 is 6.42. The van der Waals surface area contributed by atoms with E-state index < -0.39 is 10.8 Å². The predicted molar refractivity (Wildman–Crippen MR) is 121 cm³/mol. The Hall–Kier alpha value is -2.18. The Balaban J connectivity index is 1.65. The van der Waals surface area contributed by atoms with Crippen molar-refractivity contribution in [1.29, 1.82) is 0 Å². The molecule has 0 saturated carbocycles. The summed E-state index contributed by atoms with van der Waals surface area (Å²) in [6.07, 6.45) is 2.34. The zero-order valence-corrected chi connectivity index (χ0v) is 18.2. The molecule has 0 aliphatic heterocycles. The minimum Gasteiger partial charge on any atom is -0.489 e. The fourth-order valence-electron chi connectivity index (χ4n) is 3.05. The molecule has 0 aromatic heterocycles. The first kappa shape index (κ1) is 22.5. The fourth-order valence-corrected chi connectivity index (χ4v) is 4.50. The summed E-state index contributed by atoms with van der Waals surface area (Å²) in [7, 11) is -1.36. The number of halogens is 1. The molecule has 2 atom stereocenters. The highest BCUT2D eigenvalue weighted by Crippen LogP contribution is 2.26. The van der Waals surface area contributed by atoms with Crippen LogP contribution in [0.2, 0.25) is 5.02 Å². The van der Waals surface area contributed by atoms with Gasteiger partial charge in [-0.15, -0.1) is 0 Å². The molecule has 6 heteroatoms. The van der Waals surface area contributed by atoms with E-state index in [-0.39, 0.29) is 12.6 Å². The van der Waals surface area contributed by atoms with Crippen molar-refractivity contribution in [1.82, 2.24) is 0 Å². The molecule has 0 amide bonds. The highest BCUT2D eigenvalue weighted by molar-refractivity contribution is 7.85. The smallest absolute Gasteiger partial charge is 0.121 e. The van der Waals surface area contributed by atoms with Gasteiger partial charge in [0.15, 0.2) is 0 Å². The number of ether oxygens (including phenoxy) is 1. The molecule has 0 aliphatic rings. The lowest BCUT2D eigenvalue weighted by Crippen LogP contribution is -2.24. The van der Waals surface area contributed by atoms with Crippen molar-refractivity contribution < 1.29 is 14.1 Å². The van der Waals surface area contributed by atoms with Gasteiger partial charge in [0.05, 0.1) is 17.4 Å². The minimum absolute atomic E-state index is 0.0141. The van der Waals surface area contributed by atoms with Gasteiger partial charge in [0.25, 0.3) is 0 Å². The van der Waals surface area contributed by atoms with E-state index in [1.54, 1.807) is 12.1 Å². The summed E-state index contributed by atoms with van der Waals surface area (Å²) in [4.78, 5) is 1.31. The third-order valence-corrected chi connectivity index (χ3v) is 6.48. The van der Waals surface area contributed by atoms with E-state index in [4.69, 9.17) is 27.2 Å². The maximum absolute atomic E-state index is 13.0. The van der Waals surface area contributed by atoms with Gasteiger partial charge in [-0.1, -0.05) is 54.1 Å². The van der Waals surface area contributed by atoms with Gasteiger partial charge in [-0.25, -0.2) is 4.21 Å². The van der Waals surface area contributed by atoms with Crippen molar-refractivity contribution in [3.05, 3.63) is 88.9 Å². The molecule has 4 nitrogen and oxygen atoms in total. The number of aliphatic hydroxyl groups excluding tert-OH is 1. The Labute approximate surface area is 185 Å². The zero-order valence-electron chi connectivity index (χ0n) is 16.7. The largest absolute Gasteiger partial charge is 0.489 e. The highest BCUT2D eigenvalue weighted by atomic mass is 35.5. The highest BCUT2D eigenvalue weighted by Gasteiger charge is 2.11. The maximum Gasteiger partial charge on any atom is 0.121 e. The normalized spacial score (nSPS) is 13.0. The van der Waals surface area contributed by atoms with Crippen LogP contribution in [0.25, 0.3) is 0 Å². The molecule has 0 fully saturated rings. The van der Waals surface area contributed by atoms with E-state index in [1.165, 1.54) is 0 Å². The van der Waals surface area contributed by atoms with E-state index >= 15 is 0 Å². The maximum atomic E-state index is 13.0. The van der Waals surface area contributed by atoms with Gasteiger partial charge in [-0.2, -0.15) is 0 Å². The molecule has 30 heavy (non-hydrogen) atoms. The second kappa shape index (κ2) is 11.3. The van der Waals surface area contributed by atoms with Crippen LogP contribution >= 0.6 is 11.6 Å². The molecule has 158 valence electrons. The molecule has 3 aromatic carbocycles. The predicted octanol–water partition coefficient (Wildman–Crippen LogP) is 4.73. The molecule has 0 aliphatic carbocycles. The zero-order chi connectivity index (χ0) is 21.3. The van der Waals surface area contributed by atoms with Crippen molar-refractivity contribution in [3.8, 4) is 5.75 Å². The Morgan fingerprint density at radius 3 is 2.50 bits per heavy atom. The molecular weight excluding hydrogens is 418 g/mol. The Bertz CT molecular complexity index is 981. The second-order valence-corrected chi connectivity index (χ2v) is 8.99. The minimum atomic E-state index is -1.36. The van der Waals surface area contributed by atoms with Crippen LogP contribution in [0.1, 0.15) is 24.0 Å². The molecule has 0 radical (unpaired) electrons. The van der Waals surface area contributed by atoms with Crippen LogP contribution in [0.5, 0.6) is 5.75 Å². The standard InChI is InChI=1S/C24H26ClNO3S/c25-24-15-23(13-12-19(24)8-4-9-20(26)16-27)30(28)22-11-5-10-21(14-22)29-17-18-6-2-1-3-7-18/h1-3,5-7,10-15,20,27H,4,8-9,16-17,26H2. The molecule has 0 heterocycles. The average molecular weight is 444 g/mol. The quantitative estimate of drug-likeness (QED) is 0.475. The lowest BCUT2D eigenvalue weighted by molar-refractivity contribution is 0.258. The first-order valence-corrected chi connectivity index (χ1v) is 11.4. The summed E-state index contributed by atoms with van der Waals surface area (Å²) in [5.74, 6) is 0.674. The first-order valence-electron chi connectivity index (χ1n) is 9.90. The molecular formula is C24H26ClNO3S. The molecule has 0 saturated heterocycles. The van der Waals surface area contributed by atoms with Crippen LogP contribution in [-0.4, -0.2) is 22.0 Å². The van der Waals surface area contributed by atoms with E-state index in [9.17, 15) is 4.21 Å². The topological polar surface area (TPSA) is 72.5 Å². The summed E-state index contributed by atoms with van der Waals surface area (Å²) in [6, 6.07) is 22.6. The summed E-state index contributed by atoms with van der Waals surface area (Å²) < 4.78 is 18.9. The van der Waals surface area contributed by atoms with Gasteiger partial charge in [-0.05, 0) is 60.7 Å². The van der Waals surface area contributed by atoms with Gasteiger partial charge in [-0.3, -0.25) is 0 Å². The van der Waals surface area contributed by atoms with Gasteiger partial charge >= 0.3 is 0 Å². The number of aliphatic hydroxyl groups is 1. The van der Waals surface area contributed by atoms with Crippen molar-refractivity contribution in [2.24, 2.45) is 5.73 Å². The molecule has 2 unspecified atom stereocenters. The monoisotopic (exact) mass is 443 g/mol. The number of benzene rings is 3. The van der Waals surface area contributed by atoms with Crippen LogP contribution in [0, 0.1) is 0 Å². The van der Waals surface area contributed by atoms with E-state index in [0.29, 0.717) is 27.2 Å². The van der Waals surface area contributed by atoms with Crippen molar-refractivity contribution in [2.75, 3.05) is 6.61 Å². The first-order chi connectivity index (χ1) is 14.6. The SMILES string of the molecule is NC(CO)CCCc1ccc(S(=O)c2cccc(OCc3ccccc3)c2)cc1Cl. The Morgan fingerprint density at radius 2 is 1.77 bits per heavy atom. The Kier molecular flexibility index (Phi) is 8.46. The van der Waals surface area contributed by atoms with Crippen LogP contribution in [0.15, 0.2) is 82.6 Å². The summed E-state index contributed by atoms with van der Waals surface area (Å²) in [6.45, 7) is 0.442. The number of nitrogens with two attached hydrogens (primary N) is 1. The molecule has 0 spiro atoms. The summed E-state index contributed by atoms with van der Waals surface area (Å²) in [5, 5.41) is 9.60. The third-order valence-electron chi connectivity index (χ3n) is 4.76. The molecule has 3 aromatic rings. The van der Waals surface area contributed by atoms with Crippen LogP contribution in [0.3, 0.4) is 0 Å². The van der Waals surface area contributed by atoms with Crippen molar-refractivity contribution in [3.63, 3.8) is 0 Å². The lowest BCUT2D eigenvalue weighted by Gasteiger charge is -2.11. The van der Waals surface area contributed by atoms with E-state index in [0.717, 1.165) is 30.4 Å². The number of hydrogen-bond acceptors (Lipinski definition) is 4. The number of rotatable bonds is 10. The van der Waals surface area contributed by atoms with Gasteiger partial charge < -0.3 is 15.6 Å². The van der Waals surface area contributed by atoms with Crippen LogP contribution in [0.4, 0.5) is 0 Å². The average Bonchev–Trinajstić information content (AvgIpc) is 2.79. The van der Waals surface area contributed by atoms with Crippen molar-refractivity contribution >= 4 is 22.4 Å². The van der Waals surface area contributed by atoms with Crippen molar-refractivity contribution in [2.45, 2.75) is 41.7 Å². The summed E-state index contributed by atoms with van der Waals surface area (Å²) in [5.41, 5.74) is 7.80. The fraction of sp³-hybridized carbons (Fsp3) is 0.250. The van der Waals surface area contributed by atoms with Crippen LogP contribution < -0.4 is 10.5 Å². The van der Waals surface area contributed by atoms with Gasteiger partial charge in [0.1, 0.15) is 12.4 Å². The molecule has 3 rings (SSSR count). The van der Waals surface area contributed by atoms with Crippen LogP contribution in [-0.2, 0) is 23.8 Å². The Morgan fingerprint density at radius 1 is 1.00 bits per heavy atom. The number of aryl methyl sites for hydroxylation is 1. The van der Waals surface area contributed by atoms with E-state index in [1.807, 2.05) is 60.7 Å². The van der Waals surface area contributed by atoms with Gasteiger partial charge in [0.2, 0.25) is 0 Å². The lowest BCUT2D eigenvalue weighted by atomic mass is 10.1. The van der Waals surface area contributed by atoms with E-state index in [2.05, 4.69) is 0 Å². The third kappa shape index (κ3) is 6.41. The molecule has 3 N–H and O–H groups in total. The molecule has 0 bridgehead atoms. The number of hydrogen-bond donors (Lipinski definition) is 2. The van der Waals surface area contributed by atoms with Gasteiger partial charge in [0, 0.05) is 20.9 Å². The second-order valence-electron chi connectivity index (χ2n) is 7.11.